The van der Waals surface area contributed by atoms with Crippen LogP contribution >= 0.6 is 0 Å². The van der Waals surface area contributed by atoms with Crippen molar-refractivity contribution in [1.29, 1.82) is 0 Å². The fraction of sp³-hybridized carbons (Fsp3) is 0.105. The number of aryl methyl sites for hydroxylation is 2. The van der Waals surface area contributed by atoms with Crippen LogP contribution in [0, 0.1) is 19.7 Å². The molecule has 1 N–H and O–H groups in total. The van der Waals surface area contributed by atoms with Crippen molar-refractivity contribution in [2.45, 2.75) is 13.8 Å². The first-order valence-corrected chi connectivity index (χ1v) is 7.95. The molecule has 0 atom stereocenters. The molecule has 8 heteroatoms. The molecule has 0 bridgehead atoms. The van der Waals surface area contributed by atoms with Gasteiger partial charge in [0.05, 0.1) is 18.1 Å². The molecule has 0 spiro atoms. The van der Waals surface area contributed by atoms with Gasteiger partial charge in [-0.25, -0.2) is 19.2 Å². The minimum atomic E-state index is -0.881. The van der Waals surface area contributed by atoms with E-state index in [1.165, 1.54) is 30.6 Å². The number of phenolic OH excluding ortho intramolecular Hbond substituents is 1. The molecule has 0 fully saturated rings. The number of para-hydroxylation sites is 1. The monoisotopic (exact) mass is 366 g/mol. The first-order valence-electron chi connectivity index (χ1n) is 7.95. The lowest BCUT2D eigenvalue weighted by molar-refractivity contribution is 0.0715. The normalized spacial score (nSPS) is 10.9. The number of carbonyl (C=O) groups is 1. The second-order valence-corrected chi connectivity index (χ2v) is 5.71. The van der Waals surface area contributed by atoms with Gasteiger partial charge in [0.25, 0.3) is 0 Å². The zero-order valence-electron chi connectivity index (χ0n) is 14.5. The lowest BCUT2D eigenvalue weighted by Crippen LogP contribution is -2.13. The Balaban J connectivity index is 1.72. The van der Waals surface area contributed by atoms with E-state index in [-0.39, 0.29) is 17.3 Å². The molecule has 27 heavy (non-hydrogen) atoms. The number of phenols is 1. The van der Waals surface area contributed by atoms with Gasteiger partial charge >= 0.3 is 5.97 Å². The summed E-state index contributed by atoms with van der Waals surface area (Å²) in [6.45, 7) is 3.53. The number of esters is 1. The van der Waals surface area contributed by atoms with E-state index in [0.29, 0.717) is 22.5 Å². The highest BCUT2D eigenvalue weighted by atomic mass is 19.1. The Morgan fingerprint density at radius 3 is 2.26 bits per heavy atom. The molecule has 1 heterocycles. The molecule has 0 saturated carbocycles. The first-order chi connectivity index (χ1) is 12.9. The van der Waals surface area contributed by atoms with Crippen LogP contribution in [0.25, 0.3) is 0 Å². The van der Waals surface area contributed by atoms with E-state index in [9.17, 15) is 14.3 Å². The summed E-state index contributed by atoms with van der Waals surface area (Å²) in [7, 11) is 0. The van der Waals surface area contributed by atoms with Crippen LogP contribution in [0.5, 0.6) is 11.5 Å². The number of aromatic nitrogens is 2. The van der Waals surface area contributed by atoms with Crippen molar-refractivity contribution in [2.24, 2.45) is 10.2 Å². The second-order valence-electron chi connectivity index (χ2n) is 5.71. The topological polar surface area (TPSA) is 97.0 Å². The molecule has 0 unspecified atom stereocenters. The average Bonchev–Trinajstić information content (AvgIpc) is 2.66. The predicted octanol–water partition coefficient (Wildman–Crippen LogP) is 4.57. The van der Waals surface area contributed by atoms with Crippen molar-refractivity contribution in [3.8, 4) is 11.5 Å². The molecular weight excluding hydrogens is 351 g/mol. The fourth-order valence-electron chi connectivity index (χ4n) is 2.26. The summed E-state index contributed by atoms with van der Waals surface area (Å²) in [5.74, 6) is -1.75. The molecule has 3 rings (SSSR count). The van der Waals surface area contributed by atoms with Crippen molar-refractivity contribution in [1.82, 2.24) is 9.97 Å². The molecule has 0 amide bonds. The Kier molecular flexibility index (Phi) is 5.16. The molecule has 7 nitrogen and oxygen atoms in total. The number of nitrogens with zero attached hydrogens (tertiary/aromatic N) is 4. The molecule has 136 valence electrons. The molecule has 0 aliphatic heterocycles. The summed E-state index contributed by atoms with van der Waals surface area (Å²) < 4.78 is 18.4. The van der Waals surface area contributed by atoms with Gasteiger partial charge in [0.15, 0.2) is 11.6 Å². The van der Waals surface area contributed by atoms with Crippen LogP contribution in [0.1, 0.15) is 21.7 Å². The van der Waals surface area contributed by atoms with E-state index in [2.05, 4.69) is 20.2 Å². The van der Waals surface area contributed by atoms with Gasteiger partial charge in [-0.15, -0.1) is 5.11 Å². The Morgan fingerprint density at radius 1 is 1.04 bits per heavy atom. The first kappa shape index (κ1) is 18.1. The van der Waals surface area contributed by atoms with Gasteiger partial charge in [-0.3, -0.25) is 0 Å². The molecule has 0 aliphatic rings. The van der Waals surface area contributed by atoms with Crippen molar-refractivity contribution >= 4 is 17.3 Å². The lowest BCUT2D eigenvalue weighted by atomic mass is 10.1. The van der Waals surface area contributed by atoms with Crippen LogP contribution in [-0.2, 0) is 0 Å². The number of azo groups is 1. The van der Waals surface area contributed by atoms with Crippen LogP contribution in [-0.4, -0.2) is 21.0 Å². The number of halogens is 1. The standard InChI is InChI=1S/C19H15FN4O3/c1-11-7-13(8-12(2)17(11)25)23-24-14-9-21-18(22-10-14)19(26)27-16-6-4-3-5-15(16)20/h3-10,25H,1-2H3. The van der Waals surface area contributed by atoms with Crippen molar-refractivity contribution in [3.05, 3.63) is 71.6 Å². The summed E-state index contributed by atoms with van der Waals surface area (Å²) in [6, 6.07) is 8.92. The number of ether oxygens (including phenoxy) is 1. The minimum Gasteiger partial charge on any atom is -0.507 e. The van der Waals surface area contributed by atoms with Crippen LogP contribution in [0.3, 0.4) is 0 Å². The SMILES string of the molecule is Cc1cc(N=Nc2cnc(C(=O)Oc3ccccc3F)nc2)cc(C)c1O. The number of benzene rings is 2. The number of hydrogen-bond donors (Lipinski definition) is 1. The van der Waals surface area contributed by atoms with Crippen molar-refractivity contribution in [2.75, 3.05) is 0 Å². The Labute approximate surface area is 154 Å². The molecule has 1 aromatic heterocycles. The summed E-state index contributed by atoms with van der Waals surface area (Å²) >= 11 is 0. The maximum absolute atomic E-state index is 13.5. The van der Waals surface area contributed by atoms with Gasteiger partial charge < -0.3 is 9.84 Å². The van der Waals surface area contributed by atoms with Crippen molar-refractivity contribution in [3.63, 3.8) is 0 Å². The summed E-state index contributed by atoms with van der Waals surface area (Å²) in [4.78, 5) is 19.7. The Hall–Kier alpha value is -3.68. The third-order valence-corrected chi connectivity index (χ3v) is 3.62. The largest absolute Gasteiger partial charge is 0.507 e. The predicted molar refractivity (Wildman–Crippen MR) is 95.1 cm³/mol. The average molecular weight is 366 g/mol. The third-order valence-electron chi connectivity index (χ3n) is 3.62. The lowest BCUT2D eigenvalue weighted by Gasteiger charge is -2.04. The molecule has 2 aromatic carbocycles. The van der Waals surface area contributed by atoms with Crippen LogP contribution in [0.2, 0.25) is 0 Å². The highest BCUT2D eigenvalue weighted by Crippen LogP contribution is 2.28. The summed E-state index contributed by atoms with van der Waals surface area (Å²) in [5.41, 5.74) is 2.25. The smallest absolute Gasteiger partial charge is 0.381 e. The Bertz CT molecular complexity index is 997. The van der Waals surface area contributed by atoms with E-state index in [0.717, 1.165) is 0 Å². The van der Waals surface area contributed by atoms with Gasteiger partial charge in [-0.05, 0) is 49.2 Å². The number of rotatable bonds is 4. The highest BCUT2D eigenvalue weighted by molar-refractivity contribution is 5.87. The second kappa shape index (κ2) is 7.69. The van der Waals surface area contributed by atoms with E-state index in [4.69, 9.17) is 4.74 Å². The van der Waals surface area contributed by atoms with E-state index >= 15 is 0 Å². The van der Waals surface area contributed by atoms with Gasteiger partial charge in [0, 0.05) is 0 Å². The van der Waals surface area contributed by atoms with Gasteiger partial charge in [-0.1, -0.05) is 12.1 Å². The van der Waals surface area contributed by atoms with E-state index < -0.39 is 11.8 Å². The molecule has 0 aliphatic carbocycles. The molecule has 0 saturated heterocycles. The quantitative estimate of drug-likeness (QED) is 0.414. The van der Waals surface area contributed by atoms with Crippen LogP contribution in [0.4, 0.5) is 15.8 Å². The summed E-state index contributed by atoms with van der Waals surface area (Å²) in [6.07, 6.45) is 2.60. The number of hydrogen-bond acceptors (Lipinski definition) is 7. The zero-order chi connectivity index (χ0) is 19.4. The Morgan fingerprint density at radius 2 is 1.63 bits per heavy atom. The number of carbonyl (C=O) groups excluding carboxylic acids is 1. The highest BCUT2D eigenvalue weighted by Gasteiger charge is 2.14. The zero-order valence-corrected chi connectivity index (χ0v) is 14.5. The fourth-order valence-corrected chi connectivity index (χ4v) is 2.26. The third kappa shape index (κ3) is 4.30. The van der Waals surface area contributed by atoms with Gasteiger partial charge in [-0.2, -0.15) is 5.11 Å². The molecule has 3 aromatic rings. The maximum atomic E-state index is 13.5. The van der Waals surface area contributed by atoms with Gasteiger partial charge in [0.1, 0.15) is 11.4 Å². The maximum Gasteiger partial charge on any atom is 0.381 e. The summed E-state index contributed by atoms with van der Waals surface area (Å²) in [5, 5.41) is 17.8. The van der Waals surface area contributed by atoms with E-state index in [1.807, 2.05) is 0 Å². The van der Waals surface area contributed by atoms with E-state index in [1.54, 1.807) is 32.0 Å². The van der Waals surface area contributed by atoms with Crippen LogP contribution < -0.4 is 4.74 Å². The van der Waals surface area contributed by atoms with Crippen molar-refractivity contribution < 1.29 is 19.0 Å². The van der Waals surface area contributed by atoms with Gasteiger partial charge in [0.2, 0.25) is 5.82 Å². The molecule has 0 radical (unpaired) electrons. The van der Waals surface area contributed by atoms with Crippen LogP contribution in [0.15, 0.2) is 59.0 Å². The number of aromatic hydroxyl groups is 1. The minimum absolute atomic E-state index is 0.201. The molecular formula is C19H15FN4O3.